The Bertz CT molecular complexity index is 415. The van der Waals surface area contributed by atoms with Gasteiger partial charge in [0.2, 0.25) is 0 Å². The van der Waals surface area contributed by atoms with Crippen LogP contribution in [0.2, 0.25) is 0 Å². The number of halogens is 5. The molecule has 0 amide bonds. The first-order chi connectivity index (χ1) is 9.33. The first-order valence-corrected chi connectivity index (χ1v) is 7.80. The summed E-state index contributed by atoms with van der Waals surface area (Å²) in [5, 5.41) is 3.20. The van der Waals surface area contributed by atoms with Crippen molar-refractivity contribution < 1.29 is 17.9 Å². The number of benzene rings is 1. The average Bonchev–Trinajstić information content (AvgIpc) is 2.33. The lowest BCUT2D eigenvalue weighted by molar-refractivity contribution is -0.136. The highest BCUT2D eigenvalue weighted by Crippen LogP contribution is 2.35. The third kappa shape index (κ3) is 6.45. The molecule has 0 aliphatic heterocycles. The van der Waals surface area contributed by atoms with E-state index in [-0.39, 0.29) is 13.0 Å². The van der Waals surface area contributed by atoms with Crippen molar-refractivity contribution in [2.75, 3.05) is 13.2 Å². The van der Waals surface area contributed by atoms with E-state index in [1.165, 1.54) is 0 Å². The molecule has 1 N–H and O–H groups in total. The van der Waals surface area contributed by atoms with Gasteiger partial charge in [0.1, 0.15) is 5.75 Å². The van der Waals surface area contributed by atoms with E-state index in [2.05, 4.69) is 37.2 Å². The molecule has 0 atom stereocenters. The summed E-state index contributed by atoms with van der Waals surface area (Å²) in [6.07, 6.45) is -5.02. The van der Waals surface area contributed by atoms with Gasteiger partial charge >= 0.3 is 6.18 Å². The van der Waals surface area contributed by atoms with Crippen molar-refractivity contribution in [2.45, 2.75) is 32.5 Å². The number of nitrogens with one attached hydrogen (secondary N) is 1. The molecule has 20 heavy (non-hydrogen) atoms. The number of ether oxygens (including phenoxy) is 1. The molecule has 0 spiro atoms. The molecule has 7 heteroatoms. The van der Waals surface area contributed by atoms with Crippen LogP contribution in [0.3, 0.4) is 0 Å². The van der Waals surface area contributed by atoms with E-state index < -0.39 is 12.6 Å². The maximum absolute atomic E-state index is 12.0. The van der Waals surface area contributed by atoms with E-state index in [4.69, 9.17) is 4.74 Å². The Balaban J connectivity index is 2.58. The molecule has 1 rings (SSSR count). The zero-order valence-electron chi connectivity index (χ0n) is 11.0. The smallest absolute Gasteiger partial charge is 0.389 e. The summed E-state index contributed by atoms with van der Waals surface area (Å²) >= 11 is 6.75. The van der Waals surface area contributed by atoms with Gasteiger partial charge in [-0.25, -0.2) is 0 Å². The molecule has 0 aliphatic carbocycles. The second kappa shape index (κ2) is 8.24. The number of hydrogen-bond acceptors (Lipinski definition) is 2. The normalized spacial score (nSPS) is 11.7. The van der Waals surface area contributed by atoms with Crippen LogP contribution in [0, 0.1) is 0 Å². The van der Waals surface area contributed by atoms with Crippen LogP contribution in [0.1, 0.15) is 25.3 Å². The van der Waals surface area contributed by atoms with E-state index in [1.54, 1.807) is 0 Å². The Morgan fingerprint density at radius 1 is 1.20 bits per heavy atom. The molecule has 0 bridgehead atoms. The maximum atomic E-state index is 12.0. The third-order valence-electron chi connectivity index (χ3n) is 2.49. The van der Waals surface area contributed by atoms with Crippen molar-refractivity contribution in [2.24, 2.45) is 0 Å². The van der Waals surface area contributed by atoms with Crippen molar-refractivity contribution in [1.82, 2.24) is 5.32 Å². The molecular weight excluding hydrogens is 403 g/mol. The topological polar surface area (TPSA) is 21.3 Å². The first kappa shape index (κ1) is 17.8. The SMILES string of the molecule is CCNCc1cc(Br)c(OCCCC(F)(F)F)c(Br)c1. The highest BCUT2D eigenvalue weighted by Gasteiger charge is 2.26. The predicted molar refractivity (Wildman–Crippen MR) is 80.0 cm³/mol. The summed E-state index contributed by atoms with van der Waals surface area (Å²) in [4.78, 5) is 0. The summed E-state index contributed by atoms with van der Waals surface area (Å²) < 4.78 is 43.0. The lowest BCUT2D eigenvalue weighted by Gasteiger charge is -2.13. The van der Waals surface area contributed by atoms with Crippen LogP contribution in [0.15, 0.2) is 21.1 Å². The number of rotatable bonds is 7. The monoisotopic (exact) mass is 417 g/mol. The van der Waals surface area contributed by atoms with Gasteiger partial charge in [0.05, 0.1) is 15.6 Å². The Hall–Kier alpha value is -0.270. The van der Waals surface area contributed by atoms with Gasteiger partial charge < -0.3 is 10.1 Å². The van der Waals surface area contributed by atoms with E-state index in [0.29, 0.717) is 5.75 Å². The maximum Gasteiger partial charge on any atom is 0.389 e. The molecule has 0 radical (unpaired) electrons. The Morgan fingerprint density at radius 2 is 1.80 bits per heavy atom. The lowest BCUT2D eigenvalue weighted by Crippen LogP contribution is -2.12. The van der Waals surface area contributed by atoms with Crippen molar-refractivity contribution in [3.63, 3.8) is 0 Å². The molecular formula is C13H16Br2F3NO. The van der Waals surface area contributed by atoms with E-state index in [1.807, 2.05) is 19.1 Å². The standard InChI is InChI=1S/C13H16Br2F3NO/c1-2-19-8-9-6-10(14)12(11(15)7-9)20-5-3-4-13(16,17)18/h6-7,19H,2-5,8H2,1H3. The van der Waals surface area contributed by atoms with Gasteiger partial charge in [-0.1, -0.05) is 6.92 Å². The van der Waals surface area contributed by atoms with Gasteiger partial charge in [0, 0.05) is 13.0 Å². The molecule has 0 aliphatic rings. The van der Waals surface area contributed by atoms with Gasteiger partial charge in [0.15, 0.2) is 0 Å². The van der Waals surface area contributed by atoms with Gasteiger partial charge in [-0.2, -0.15) is 13.2 Å². The largest absolute Gasteiger partial charge is 0.491 e. The van der Waals surface area contributed by atoms with Crippen LogP contribution in [0.25, 0.3) is 0 Å². The highest BCUT2D eigenvalue weighted by atomic mass is 79.9. The summed E-state index contributed by atoms with van der Waals surface area (Å²) in [6.45, 7) is 3.64. The zero-order valence-corrected chi connectivity index (χ0v) is 14.2. The van der Waals surface area contributed by atoms with Gasteiger partial charge in [-0.05, 0) is 62.5 Å². The molecule has 0 saturated carbocycles. The second-order valence-electron chi connectivity index (χ2n) is 4.24. The summed E-state index contributed by atoms with van der Waals surface area (Å²) in [5.41, 5.74) is 1.06. The van der Waals surface area contributed by atoms with Crippen LogP contribution in [0.5, 0.6) is 5.75 Å². The molecule has 0 aromatic heterocycles. The summed E-state index contributed by atoms with van der Waals surface area (Å²) in [7, 11) is 0. The molecule has 1 aromatic rings. The van der Waals surface area contributed by atoms with Crippen LogP contribution in [-0.4, -0.2) is 19.3 Å². The van der Waals surface area contributed by atoms with Crippen molar-refractivity contribution in [3.05, 3.63) is 26.6 Å². The minimum atomic E-state index is -4.13. The summed E-state index contributed by atoms with van der Waals surface area (Å²) in [5.74, 6) is 0.535. The van der Waals surface area contributed by atoms with Crippen LogP contribution < -0.4 is 10.1 Å². The minimum Gasteiger partial charge on any atom is -0.491 e. The second-order valence-corrected chi connectivity index (χ2v) is 5.94. The molecule has 0 unspecified atom stereocenters. The Labute approximate surface area is 133 Å². The molecule has 114 valence electrons. The third-order valence-corrected chi connectivity index (χ3v) is 3.67. The summed E-state index contributed by atoms with van der Waals surface area (Å²) in [6, 6.07) is 3.79. The van der Waals surface area contributed by atoms with E-state index >= 15 is 0 Å². The Morgan fingerprint density at radius 3 is 2.30 bits per heavy atom. The van der Waals surface area contributed by atoms with Crippen molar-refractivity contribution >= 4 is 31.9 Å². The molecule has 1 aromatic carbocycles. The Kier molecular flexibility index (Phi) is 7.33. The van der Waals surface area contributed by atoms with E-state index in [9.17, 15) is 13.2 Å². The molecule has 0 heterocycles. The average molecular weight is 419 g/mol. The predicted octanol–water partition coefficient (Wildman–Crippen LogP) is 5.04. The molecule has 0 fully saturated rings. The quantitative estimate of drug-likeness (QED) is 0.626. The molecule has 2 nitrogen and oxygen atoms in total. The fourth-order valence-corrected chi connectivity index (χ4v) is 3.08. The van der Waals surface area contributed by atoms with Gasteiger partial charge in [0.25, 0.3) is 0 Å². The van der Waals surface area contributed by atoms with Crippen molar-refractivity contribution in [3.8, 4) is 5.75 Å². The first-order valence-electron chi connectivity index (χ1n) is 6.21. The lowest BCUT2D eigenvalue weighted by atomic mass is 10.2. The number of hydrogen-bond donors (Lipinski definition) is 1. The zero-order chi connectivity index (χ0) is 15.2. The number of alkyl halides is 3. The van der Waals surface area contributed by atoms with E-state index in [0.717, 1.165) is 27.6 Å². The minimum absolute atomic E-state index is 0.0310. The highest BCUT2D eigenvalue weighted by molar-refractivity contribution is 9.11. The van der Waals surface area contributed by atoms with Gasteiger partial charge in [-0.3, -0.25) is 0 Å². The fraction of sp³-hybridized carbons (Fsp3) is 0.538. The van der Waals surface area contributed by atoms with Crippen molar-refractivity contribution in [1.29, 1.82) is 0 Å². The fourth-order valence-electron chi connectivity index (χ4n) is 1.57. The van der Waals surface area contributed by atoms with Gasteiger partial charge in [-0.15, -0.1) is 0 Å². The van der Waals surface area contributed by atoms with Crippen LogP contribution in [-0.2, 0) is 6.54 Å². The van der Waals surface area contributed by atoms with Crippen LogP contribution >= 0.6 is 31.9 Å². The van der Waals surface area contributed by atoms with Crippen LogP contribution in [0.4, 0.5) is 13.2 Å². The molecule has 0 saturated heterocycles.